The summed E-state index contributed by atoms with van der Waals surface area (Å²) in [5.41, 5.74) is 6.42. The molecule has 0 fully saturated rings. The highest BCUT2D eigenvalue weighted by Crippen LogP contribution is 2.31. The normalized spacial score (nSPS) is 11.3. The monoisotopic (exact) mass is 454 g/mol. The summed E-state index contributed by atoms with van der Waals surface area (Å²) < 4.78 is 28.6. The van der Waals surface area contributed by atoms with Crippen molar-refractivity contribution in [2.24, 2.45) is 5.73 Å². The minimum absolute atomic E-state index is 0.125. The molecule has 0 unspecified atom stereocenters. The molecule has 0 radical (unpaired) electrons. The van der Waals surface area contributed by atoms with Gasteiger partial charge in [-0.05, 0) is 45.6 Å². The number of sulfonamides is 1. The maximum Gasteiger partial charge on any atom is 0.272 e. The summed E-state index contributed by atoms with van der Waals surface area (Å²) in [4.78, 5) is 0.125. The van der Waals surface area contributed by atoms with Crippen LogP contribution in [0.15, 0.2) is 42.8 Å². The lowest BCUT2D eigenvalue weighted by atomic mass is 10.2. The molecule has 9 heteroatoms. The molecule has 4 nitrogen and oxygen atoms in total. The highest BCUT2D eigenvalue weighted by atomic mass is 79.9. The fourth-order valence-corrected chi connectivity index (χ4v) is 5.43. The second-order valence-electron chi connectivity index (χ2n) is 3.72. The highest BCUT2D eigenvalue weighted by Gasteiger charge is 2.21. The number of thiophene rings is 1. The Hall–Kier alpha value is -0.480. The summed E-state index contributed by atoms with van der Waals surface area (Å²) in [6.07, 6.45) is 0. The van der Waals surface area contributed by atoms with Crippen molar-refractivity contribution in [2.45, 2.75) is 4.21 Å². The zero-order chi connectivity index (χ0) is 14.9. The number of nitrogens with one attached hydrogen (secondary N) is 1. The van der Waals surface area contributed by atoms with Crippen LogP contribution in [0.5, 0.6) is 0 Å². The highest BCUT2D eigenvalue weighted by molar-refractivity contribution is 9.10. The zero-order valence-corrected chi connectivity index (χ0v) is 15.4. The van der Waals surface area contributed by atoms with Crippen molar-refractivity contribution in [3.8, 4) is 0 Å². The number of hydrogen-bond acceptors (Lipinski definition) is 4. The van der Waals surface area contributed by atoms with Gasteiger partial charge in [0.2, 0.25) is 0 Å². The molecule has 1 aromatic carbocycles. The molecular formula is C11H8Br2N2O2S3. The predicted molar refractivity (Wildman–Crippen MR) is 92.9 cm³/mol. The number of rotatable bonds is 4. The van der Waals surface area contributed by atoms with Crippen molar-refractivity contribution in [1.82, 2.24) is 0 Å². The number of nitrogens with two attached hydrogens (primary N) is 1. The van der Waals surface area contributed by atoms with Crippen LogP contribution < -0.4 is 10.5 Å². The molecule has 0 amide bonds. The molecule has 0 atom stereocenters. The van der Waals surface area contributed by atoms with Gasteiger partial charge in [0.1, 0.15) is 4.99 Å². The average molecular weight is 456 g/mol. The number of halogens is 2. The molecule has 106 valence electrons. The van der Waals surface area contributed by atoms with Gasteiger partial charge < -0.3 is 5.73 Å². The van der Waals surface area contributed by atoms with Gasteiger partial charge in [-0.25, -0.2) is 8.42 Å². The first-order chi connectivity index (χ1) is 9.31. The summed E-state index contributed by atoms with van der Waals surface area (Å²) in [7, 11) is -3.69. The Labute approximate surface area is 142 Å². The van der Waals surface area contributed by atoms with E-state index in [1.165, 1.54) is 0 Å². The van der Waals surface area contributed by atoms with Crippen LogP contribution in [0.25, 0.3) is 0 Å². The number of hydrogen-bond donors (Lipinski definition) is 2. The molecule has 0 saturated carbocycles. The summed E-state index contributed by atoms with van der Waals surface area (Å²) in [5.74, 6) is 0. The molecule has 0 aliphatic carbocycles. The van der Waals surface area contributed by atoms with Crippen LogP contribution >= 0.6 is 55.4 Å². The molecule has 3 N–H and O–H groups in total. The first-order valence-electron chi connectivity index (χ1n) is 5.16. The Bertz CT molecular complexity index is 772. The van der Waals surface area contributed by atoms with Crippen molar-refractivity contribution < 1.29 is 8.42 Å². The fourth-order valence-electron chi connectivity index (χ4n) is 1.48. The number of anilines is 1. The first kappa shape index (κ1) is 15.9. The van der Waals surface area contributed by atoms with Gasteiger partial charge in [-0.1, -0.05) is 28.1 Å². The van der Waals surface area contributed by atoms with Crippen molar-refractivity contribution >= 4 is 76.1 Å². The maximum absolute atomic E-state index is 12.3. The minimum atomic E-state index is -3.69. The lowest BCUT2D eigenvalue weighted by molar-refractivity contribution is 0.603. The van der Waals surface area contributed by atoms with Gasteiger partial charge in [-0.3, -0.25) is 4.72 Å². The maximum atomic E-state index is 12.3. The molecule has 0 bridgehead atoms. The molecule has 0 aliphatic heterocycles. The van der Waals surface area contributed by atoms with E-state index in [4.69, 9.17) is 18.0 Å². The van der Waals surface area contributed by atoms with Gasteiger partial charge in [0.05, 0.1) is 5.69 Å². The first-order valence-corrected chi connectivity index (χ1v) is 9.52. The Morgan fingerprint density at radius 3 is 2.55 bits per heavy atom. The van der Waals surface area contributed by atoms with E-state index in [1.807, 2.05) is 0 Å². The predicted octanol–water partition coefficient (Wildman–Crippen LogP) is 3.71. The van der Waals surface area contributed by atoms with E-state index < -0.39 is 10.0 Å². The lowest BCUT2D eigenvalue weighted by Crippen LogP contribution is -2.17. The average Bonchev–Trinajstić information content (AvgIpc) is 2.75. The number of thiocarbonyl (C=S) groups is 1. The van der Waals surface area contributed by atoms with Crippen LogP contribution in [-0.4, -0.2) is 13.4 Å². The van der Waals surface area contributed by atoms with Gasteiger partial charge in [0, 0.05) is 14.5 Å². The third-order valence-corrected chi connectivity index (χ3v) is 7.07. The van der Waals surface area contributed by atoms with Crippen LogP contribution in [0.3, 0.4) is 0 Å². The Morgan fingerprint density at radius 1 is 1.30 bits per heavy atom. The SMILES string of the molecule is NC(=S)c1ccc(Br)cc1NS(=O)(=O)c1sccc1Br. The van der Waals surface area contributed by atoms with Gasteiger partial charge in [0.25, 0.3) is 10.0 Å². The summed E-state index contributed by atoms with van der Waals surface area (Å²) in [6.45, 7) is 0. The Morgan fingerprint density at radius 2 is 2.00 bits per heavy atom. The van der Waals surface area contributed by atoms with E-state index in [0.717, 1.165) is 15.8 Å². The largest absolute Gasteiger partial charge is 0.389 e. The quantitative estimate of drug-likeness (QED) is 0.689. The molecule has 20 heavy (non-hydrogen) atoms. The Kier molecular flexibility index (Phi) is 4.85. The topological polar surface area (TPSA) is 72.2 Å². The van der Waals surface area contributed by atoms with Gasteiger partial charge >= 0.3 is 0 Å². The lowest BCUT2D eigenvalue weighted by Gasteiger charge is -2.11. The summed E-state index contributed by atoms with van der Waals surface area (Å²) >= 11 is 12.5. The molecule has 1 heterocycles. The minimum Gasteiger partial charge on any atom is -0.389 e. The van der Waals surface area contributed by atoms with Crippen molar-refractivity contribution in [3.63, 3.8) is 0 Å². The standard InChI is InChI=1S/C11H8Br2N2O2S3/c12-6-1-2-7(10(14)18)9(5-6)15-20(16,17)11-8(13)3-4-19-11/h1-5,15H,(H2,14,18). The van der Waals surface area contributed by atoms with E-state index in [9.17, 15) is 8.42 Å². The molecule has 2 rings (SSSR count). The molecule has 1 aromatic heterocycles. The third-order valence-electron chi connectivity index (χ3n) is 2.32. The van der Waals surface area contributed by atoms with Crippen LogP contribution in [0.1, 0.15) is 5.56 Å². The molecule has 0 spiro atoms. The van der Waals surface area contributed by atoms with Crippen LogP contribution in [0.2, 0.25) is 0 Å². The summed E-state index contributed by atoms with van der Waals surface area (Å²) in [6, 6.07) is 6.70. The smallest absolute Gasteiger partial charge is 0.272 e. The van der Waals surface area contributed by atoms with Crippen LogP contribution in [0.4, 0.5) is 5.69 Å². The fraction of sp³-hybridized carbons (Fsp3) is 0. The van der Waals surface area contributed by atoms with Gasteiger partial charge in [-0.2, -0.15) is 0 Å². The van der Waals surface area contributed by atoms with E-state index in [-0.39, 0.29) is 9.20 Å². The van der Waals surface area contributed by atoms with Crippen molar-refractivity contribution in [3.05, 3.63) is 44.2 Å². The second-order valence-corrected chi connectivity index (χ2v) is 8.72. The molecule has 0 aliphatic rings. The van der Waals surface area contributed by atoms with E-state index >= 15 is 0 Å². The van der Waals surface area contributed by atoms with Gasteiger partial charge in [0.15, 0.2) is 4.21 Å². The zero-order valence-electron chi connectivity index (χ0n) is 9.76. The van der Waals surface area contributed by atoms with Gasteiger partial charge in [-0.15, -0.1) is 11.3 Å². The number of benzene rings is 1. The van der Waals surface area contributed by atoms with E-state index in [0.29, 0.717) is 15.7 Å². The molecular weight excluding hydrogens is 448 g/mol. The second kappa shape index (κ2) is 6.10. The van der Waals surface area contributed by atoms with E-state index in [2.05, 4.69) is 36.6 Å². The van der Waals surface area contributed by atoms with Crippen molar-refractivity contribution in [1.29, 1.82) is 0 Å². The summed E-state index contributed by atoms with van der Waals surface area (Å²) in [5, 5.41) is 1.69. The van der Waals surface area contributed by atoms with Crippen LogP contribution in [-0.2, 0) is 10.0 Å². The van der Waals surface area contributed by atoms with Crippen LogP contribution in [0, 0.1) is 0 Å². The van der Waals surface area contributed by atoms with Crippen molar-refractivity contribution in [2.75, 3.05) is 4.72 Å². The third kappa shape index (κ3) is 3.40. The van der Waals surface area contributed by atoms with E-state index in [1.54, 1.807) is 29.6 Å². The molecule has 0 saturated heterocycles. The molecule has 2 aromatic rings. The Balaban J connectivity index is 2.47.